The molecule has 6 nitrogen and oxygen atoms in total. The molecule has 0 N–H and O–H groups in total. The van der Waals surface area contributed by atoms with E-state index in [0.29, 0.717) is 5.56 Å². The molecule has 1 spiro atoms. The zero-order chi connectivity index (χ0) is 24.6. The van der Waals surface area contributed by atoms with Crippen LogP contribution >= 0.6 is 11.6 Å². The molecule has 3 aromatic rings. The second-order valence-corrected chi connectivity index (χ2v) is 9.41. The van der Waals surface area contributed by atoms with Crippen molar-refractivity contribution in [2.45, 2.75) is 18.6 Å². The summed E-state index contributed by atoms with van der Waals surface area (Å²) in [5.41, 5.74) is -0.244. The van der Waals surface area contributed by atoms with E-state index in [2.05, 4.69) is 0 Å². The zero-order valence-electron chi connectivity index (χ0n) is 18.3. The smallest absolute Gasteiger partial charge is 0.241 e. The van der Waals surface area contributed by atoms with E-state index in [1.165, 1.54) is 24.3 Å². The quantitative estimate of drug-likeness (QED) is 0.391. The highest BCUT2D eigenvalue weighted by Crippen LogP contribution is 2.57. The average Bonchev–Trinajstić information content (AvgIpc) is 3.41. The van der Waals surface area contributed by atoms with Crippen LogP contribution in [0.25, 0.3) is 0 Å². The van der Waals surface area contributed by atoms with Gasteiger partial charge in [0.25, 0.3) is 0 Å². The lowest BCUT2D eigenvalue weighted by molar-refractivity contribution is -0.127. The molecule has 2 aliphatic heterocycles. The fourth-order valence-electron chi connectivity index (χ4n) is 5.45. The fraction of sp³-hybridized carbons (Fsp3) is 0.185. The third-order valence-corrected chi connectivity index (χ3v) is 7.38. The number of aryl methyl sites for hydroxylation is 1. The highest BCUT2D eigenvalue weighted by molar-refractivity contribution is 6.37. The minimum absolute atomic E-state index is 0.0639. The molecule has 35 heavy (non-hydrogen) atoms. The molecule has 0 saturated carbocycles. The predicted molar refractivity (Wildman–Crippen MR) is 124 cm³/mol. The van der Waals surface area contributed by atoms with Gasteiger partial charge in [0.15, 0.2) is 0 Å². The molecule has 3 aromatic carbocycles. The first kappa shape index (κ1) is 21.8. The van der Waals surface area contributed by atoms with Crippen LogP contribution < -0.4 is 4.90 Å². The zero-order valence-corrected chi connectivity index (χ0v) is 19.1. The van der Waals surface area contributed by atoms with Crippen LogP contribution in [-0.4, -0.2) is 29.0 Å². The Hall–Kier alpha value is -3.68. The lowest BCUT2D eigenvalue weighted by Gasteiger charge is -2.27. The summed E-state index contributed by atoms with van der Waals surface area (Å²) in [6, 6.07) is 16.9. The Bertz CT molecular complexity index is 1430. The van der Waals surface area contributed by atoms with Crippen molar-refractivity contribution in [3.8, 4) is 0 Å². The SMILES string of the molecule is Cc1ccc([C@H]2OC3(C(=O)c4ccccc4C3=O)[C@@H]3C(=O)N(c4ccc(F)c(Cl)c4)C(=O)[C@H]23)cc1. The van der Waals surface area contributed by atoms with Gasteiger partial charge in [0.05, 0.1) is 28.6 Å². The van der Waals surface area contributed by atoms with Crippen LogP contribution in [0.15, 0.2) is 66.7 Å². The van der Waals surface area contributed by atoms with Gasteiger partial charge in [-0.15, -0.1) is 0 Å². The lowest BCUT2D eigenvalue weighted by Crippen LogP contribution is -2.51. The summed E-state index contributed by atoms with van der Waals surface area (Å²) >= 11 is 5.92. The van der Waals surface area contributed by atoms with Gasteiger partial charge in [-0.05, 0) is 30.7 Å². The molecule has 0 unspecified atom stereocenters. The molecule has 0 radical (unpaired) electrons. The summed E-state index contributed by atoms with van der Waals surface area (Å²) in [5, 5.41) is -0.262. The Morgan fingerprint density at radius 1 is 0.886 bits per heavy atom. The largest absolute Gasteiger partial charge is 0.349 e. The minimum Gasteiger partial charge on any atom is -0.349 e. The first-order valence-electron chi connectivity index (χ1n) is 11.0. The Kier molecular flexibility index (Phi) is 4.62. The van der Waals surface area contributed by atoms with Crippen LogP contribution in [-0.2, 0) is 14.3 Å². The topological polar surface area (TPSA) is 80.8 Å². The number of ether oxygens (including phenoxy) is 1. The molecule has 6 rings (SSSR count). The third kappa shape index (κ3) is 2.79. The highest BCUT2D eigenvalue weighted by atomic mass is 35.5. The molecule has 0 bridgehead atoms. The van der Waals surface area contributed by atoms with E-state index < -0.39 is 52.7 Å². The van der Waals surface area contributed by atoms with Crippen LogP contribution in [0, 0.1) is 24.6 Å². The van der Waals surface area contributed by atoms with Gasteiger partial charge in [-0.2, -0.15) is 0 Å². The molecule has 2 amide bonds. The molecule has 174 valence electrons. The molecule has 8 heteroatoms. The number of rotatable bonds is 2. The van der Waals surface area contributed by atoms with Crippen molar-refractivity contribution in [3.05, 3.63) is 99.8 Å². The van der Waals surface area contributed by atoms with Crippen molar-refractivity contribution < 1.29 is 28.3 Å². The number of Topliss-reactive ketones (excluding diaryl/α,β-unsaturated/α-hetero) is 2. The van der Waals surface area contributed by atoms with E-state index >= 15 is 0 Å². The van der Waals surface area contributed by atoms with E-state index in [9.17, 15) is 23.6 Å². The van der Waals surface area contributed by atoms with Gasteiger partial charge in [0, 0.05) is 11.1 Å². The monoisotopic (exact) mass is 489 g/mol. The van der Waals surface area contributed by atoms with Crippen molar-refractivity contribution in [1.82, 2.24) is 0 Å². The molecule has 2 saturated heterocycles. The average molecular weight is 490 g/mol. The van der Waals surface area contributed by atoms with Crippen molar-refractivity contribution in [2.24, 2.45) is 11.8 Å². The molecular formula is C27H17ClFNO5. The number of benzene rings is 3. The van der Waals surface area contributed by atoms with E-state index in [0.717, 1.165) is 16.5 Å². The summed E-state index contributed by atoms with van der Waals surface area (Å²) in [6.07, 6.45) is -1.01. The van der Waals surface area contributed by atoms with Crippen LogP contribution in [0.3, 0.4) is 0 Å². The van der Waals surface area contributed by atoms with Crippen molar-refractivity contribution in [3.63, 3.8) is 0 Å². The standard InChI is InChI=1S/C27H17ClFNO5/c1-13-6-8-14(9-7-13)22-20-21(26(34)30(25(20)33)15-10-11-19(29)18(28)12-15)27(35-22)23(31)16-4-2-3-5-17(16)24(27)32/h2-12,20-22H,1H3/t20-,21-,22+/m0/s1. The van der Waals surface area contributed by atoms with E-state index in [4.69, 9.17) is 16.3 Å². The first-order valence-corrected chi connectivity index (χ1v) is 11.4. The molecule has 0 aromatic heterocycles. The number of fused-ring (bicyclic) bond motifs is 3. The molecule has 3 atom stereocenters. The molecule has 2 fully saturated rings. The molecule has 3 aliphatic rings. The maximum Gasteiger partial charge on any atom is 0.241 e. The second kappa shape index (κ2) is 7.41. The summed E-state index contributed by atoms with van der Waals surface area (Å²) in [7, 11) is 0. The third-order valence-electron chi connectivity index (χ3n) is 7.09. The highest BCUT2D eigenvalue weighted by Gasteiger charge is 2.74. The Morgan fingerprint density at radius 3 is 2.11 bits per heavy atom. The van der Waals surface area contributed by atoms with Crippen LogP contribution in [0.5, 0.6) is 0 Å². The number of nitrogens with zero attached hydrogens (tertiary/aromatic N) is 1. The van der Waals surface area contributed by atoms with E-state index in [-0.39, 0.29) is 21.8 Å². The number of anilines is 1. The summed E-state index contributed by atoms with van der Waals surface area (Å²) in [5.74, 6) is -5.88. The number of hydrogen-bond donors (Lipinski definition) is 0. The summed E-state index contributed by atoms with van der Waals surface area (Å²) in [6.45, 7) is 1.90. The fourth-order valence-corrected chi connectivity index (χ4v) is 5.63. The number of carbonyl (C=O) groups excluding carboxylic acids is 4. The van der Waals surface area contributed by atoms with Gasteiger partial charge in [0.1, 0.15) is 5.82 Å². The minimum atomic E-state index is -2.16. The number of ketones is 2. The predicted octanol–water partition coefficient (Wildman–Crippen LogP) is 4.48. The Balaban J connectivity index is 1.54. The molecular weight excluding hydrogens is 473 g/mol. The number of imide groups is 1. The number of halogens is 2. The van der Waals surface area contributed by atoms with Crippen LogP contribution in [0.4, 0.5) is 10.1 Å². The Morgan fingerprint density at radius 2 is 1.51 bits per heavy atom. The van der Waals surface area contributed by atoms with Crippen LogP contribution in [0.1, 0.15) is 37.9 Å². The van der Waals surface area contributed by atoms with Crippen molar-refractivity contribution in [2.75, 3.05) is 4.90 Å². The van der Waals surface area contributed by atoms with Crippen LogP contribution in [0.2, 0.25) is 5.02 Å². The number of hydrogen-bond acceptors (Lipinski definition) is 5. The van der Waals surface area contributed by atoms with Gasteiger partial charge in [-0.3, -0.25) is 19.2 Å². The van der Waals surface area contributed by atoms with Gasteiger partial charge in [-0.25, -0.2) is 9.29 Å². The Labute approximate surface area is 204 Å². The van der Waals surface area contributed by atoms with E-state index in [1.807, 2.05) is 19.1 Å². The van der Waals surface area contributed by atoms with Gasteiger partial charge in [-0.1, -0.05) is 65.7 Å². The number of carbonyl (C=O) groups is 4. The van der Waals surface area contributed by atoms with Gasteiger partial charge < -0.3 is 4.74 Å². The summed E-state index contributed by atoms with van der Waals surface area (Å²) in [4.78, 5) is 55.8. The summed E-state index contributed by atoms with van der Waals surface area (Å²) < 4.78 is 20.0. The number of amides is 2. The van der Waals surface area contributed by atoms with E-state index in [1.54, 1.807) is 24.3 Å². The molecule has 2 heterocycles. The lowest BCUT2D eigenvalue weighted by atomic mass is 9.77. The maximum atomic E-state index is 13.8. The maximum absolute atomic E-state index is 13.8. The molecule has 1 aliphatic carbocycles. The second-order valence-electron chi connectivity index (χ2n) is 9.00. The van der Waals surface area contributed by atoms with Gasteiger partial charge in [0.2, 0.25) is 29.0 Å². The van der Waals surface area contributed by atoms with Gasteiger partial charge >= 0.3 is 0 Å². The van der Waals surface area contributed by atoms with Crippen molar-refractivity contribution in [1.29, 1.82) is 0 Å². The first-order chi connectivity index (χ1) is 16.8. The normalized spacial score (nSPS) is 24.4. The van der Waals surface area contributed by atoms with Crippen molar-refractivity contribution >= 4 is 40.7 Å².